The van der Waals surface area contributed by atoms with Crippen molar-refractivity contribution >= 4 is 33.8 Å². The van der Waals surface area contributed by atoms with E-state index in [0.29, 0.717) is 5.13 Å². The number of aromatic carboxylic acids is 1. The van der Waals surface area contributed by atoms with Gasteiger partial charge in [0.1, 0.15) is 5.69 Å². The van der Waals surface area contributed by atoms with Gasteiger partial charge in [-0.3, -0.25) is 10.1 Å². The van der Waals surface area contributed by atoms with Crippen molar-refractivity contribution in [2.45, 2.75) is 19.8 Å². The van der Waals surface area contributed by atoms with E-state index in [0.717, 1.165) is 5.69 Å². The minimum atomic E-state index is -1.14. The van der Waals surface area contributed by atoms with Gasteiger partial charge in [0.2, 0.25) is 0 Å². The molecule has 0 atom stereocenters. The first-order valence-corrected chi connectivity index (χ1v) is 7.00. The summed E-state index contributed by atoms with van der Waals surface area (Å²) >= 11 is 1.32. The van der Waals surface area contributed by atoms with E-state index in [1.165, 1.54) is 29.5 Å². The summed E-state index contributed by atoms with van der Waals surface area (Å²) in [5.41, 5.74) is 0.772. The fraction of sp³-hybridized carbons (Fsp3) is 0.231. The van der Waals surface area contributed by atoms with Gasteiger partial charge in [0.25, 0.3) is 5.69 Å². The molecule has 0 aliphatic heterocycles. The molecule has 0 fully saturated rings. The second kappa shape index (κ2) is 5.88. The largest absolute Gasteiger partial charge is 0.478 e. The lowest BCUT2D eigenvalue weighted by Gasteiger charge is -2.05. The quantitative estimate of drug-likeness (QED) is 0.645. The first-order chi connectivity index (χ1) is 9.88. The van der Waals surface area contributed by atoms with Crippen LogP contribution in [0.3, 0.4) is 0 Å². The van der Waals surface area contributed by atoms with Crippen molar-refractivity contribution in [1.29, 1.82) is 0 Å². The Balaban J connectivity index is 2.38. The Bertz CT molecular complexity index is 696. The van der Waals surface area contributed by atoms with Crippen LogP contribution in [-0.2, 0) is 0 Å². The van der Waals surface area contributed by atoms with Crippen LogP contribution in [0, 0.1) is 10.1 Å². The van der Waals surface area contributed by atoms with E-state index in [9.17, 15) is 14.9 Å². The fourth-order valence-electron chi connectivity index (χ4n) is 1.65. The Kier molecular flexibility index (Phi) is 4.18. The van der Waals surface area contributed by atoms with E-state index < -0.39 is 10.9 Å². The normalized spacial score (nSPS) is 10.6. The molecule has 2 aromatic rings. The molecule has 0 radical (unpaired) electrons. The summed E-state index contributed by atoms with van der Waals surface area (Å²) in [6.45, 7) is 3.98. The zero-order valence-corrected chi connectivity index (χ0v) is 12.2. The maximum Gasteiger partial charge on any atom is 0.335 e. The van der Waals surface area contributed by atoms with Gasteiger partial charge in [-0.15, -0.1) is 11.3 Å². The van der Waals surface area contributed by atoms with Gasteiger partial charge in [0.05, 0.1) is 16.2 Å². The average Bonchev–Trinajstić information content (AvgIpc) is 2.87. The number of anilines is 2. The molecule has 1 aromatic heterocycles. The summed E-state index contributed by atoms with van der Waals surface area (Å²) in [4.78, 5) is 25.7. The molecular weight excluding hydrogens is 294 g/mol. The van der Waals surface area contributed by atoms with Crippen LogP contribution in [-0.4, -0.2) is 21.0 Å². The van der Waals surface area contributed by atoms with Crippen molar-refractivity contribution < 1.29 is 14.8 Å². The second-order valence-electron chi connectivity index (χ2n) is 4.65. The van der Waals surface area contributed by atoms with Crippen molar-refractivity contribution in [2.24, 2.45) is 0 Å². The van der Waals surface area contributed by atoms with Crippen LogP contribution in [0.1, 0.15) is 35.8 Å². The number of nitro benzene ring substituents is 1. The molecule has 1 aromatic carbocycles. The number of nitro groups is 1. The molecule has 8 heteroatoms. The standard InChI is InChI=1S/C13H13N3O4S/c1-7(2)10-6-21-13(15-10)14-9-5-8(12(17)18)3-4-11(9)16(19)20/h3-7H,1-2H3,(H,14,15)(H,17,18). The van der Waals surface area contributed by atoms with E-state index in [1.807, 2.05) is 19.2 Å². The molecule has 0 aliphatic carbocycles. The van der Waals surface area contributed by atoms with Gasteiger partial charge >= 0.3 is 5.97 Å². The predicted molar refractivity (Wildman–Crippen MR) is 79.5 cm³/mol. The fourth-order valence-corrected chi connectivity index (χ4v) is 2.54. The number of carboxylic acid groups (broad SMARTS) is 1. The molecule has 2 rings (SSSR count). The molecule has 21 heavy (non-hydrogen) atoms. The van der Waals surface area contributed by atoms with Crippen LogP contribution in [0.2, 0.25) is 0 Å². The van der Waals surface area contributed by atoms with Gasteiger partial charge in [0, 0.05) is 11.4 Å². The Morgan fingerprint density at radius 1 is 1.48 bits per heavy atom. The van der Waals surface area contributed by atoms with Crippen LogP contribution in [0.5, 0.6) is 0 Å². The Morgan fingerprint density at radius 2 is 2.19 bits per heavy atom. The molecule has 0 amide bonds. The van der Waals surface area contributed by atoms with Crippen molar-refractivity contribution in [3.63, 3.8) is 0 Å². The lowest BCUT2D eigenvalue weighted by atomic mass is 10.1. The second-order valence-corrected chi connectivity index (χ2v) is 5.51. The minimum absolute atomic E-state index is 0.0243. The molecule has 0 saturated carbocycles. The average molecular weight is 307 g/mol. The highest BCUT2D eigenvalue weighted by Gasteiger charge is 2.18. The first-order valence-electron chi connectivity index (χ1n) is 6.12. The van der Waals surface area contributed by atoms with E-state index in [1.54, 1.807) is 0 Å². The third-order valence-corrected chi connectivity index (χ3v) is 3.57. The van der Waals surface area contributed by atoms with Crippen molar-refractivity contribution in [2.75, 3.05) is 5.32 Å². The van der Waals surface area contributed by atoms with E-state index in [2.05, 4.69) is 10.3 Å². The molecule has 0 spiro atoms. The van der Waals surface area contributed by atoms with Crippen LogP contribution in [0.25, 0.3) is 0 Å². The van der Waals surface area contributed by atoms with Crippen LogP contribution in [0.15, 0.2) is 23.6 Å². The summed E-state index contributed by atoms with van der Waals surface area (Å²) in [6, 6.07) is 3.60. The number of carbonyl (C=O) groups is 1. The number of nitrogens with zero attached hydrogens (tertiary/aromatic N) is 2. The maximum absolute atomic E-state index is 11.0. The zero-order valence-electron chi connectivity index (χ0n) is 11.4. The lowest BCUT2D eigenvalue weighted by Crippen LogP contribution is -2.02. The monoisotopic (exact) mass is 307 g/mol. The molecule has 2 N–H and O–H groups in total. The van der Waals surface area contributed by atoms with Gasteiger partial charge in [-0.1, -0.05) is 13.8 Å². The summed E-state index contributed by atoms with van der Waals surface area (Å²) in [5.74, 6) is -0.896. The number of rotatable bonds is 5. The third-order valence-electron chi connectivity index (χ3n) is 2.80. The molecule has 7 nitrogen and oxygen atoms in total. The van der Waals surface area contributed by atoms with Crippen LogP contribution < -0.4 is 5.32 Å². The molecule has 110 valence electrons. The molecule has 0 aliphatic rings. The van der Waals surface area contributed by atoms with Gasteiger partial charge < -0.3 is 10.4 Å². The first kappa shape index (κ1) is 14.9. The van der Waals surface area contributed by atoms with E-state index >= 15 is 0 Å². The highest BCUT2D eigenvalue weighted by Crippen LogP contribution is 2.31. The smallest absolute Gasteiger partial charge is 0.335 e. The number of nitrogens with one attached hydrogen (secondary N) is 1. The third kappa shape index (κ3) is 3.34. The lowest BCUT2D eigenvalue weighted by molar-refractivity contribution is -0.383. The van der Waals surface area contributed by atoms with Crippen molar-refractivity contribution in [1.82, 2.24) is 4.98 Å². The molecule has 0 saturated heterocycles. The zero-order chi connectivity index (χ0) is 15.6. The van der Waals surface area contributed by atoms with Gasteiger partial charge in [0.15, 0.2) is 5.13 Å². The predicted octanol–water partition coefficient (Wildman–Crippen LogP) is 3.62. The van der Waals surface area contributed by atoms with Gasteiger partial charge in [-0.25, -0.2) is 9.78 Å². The number of thiazole rings is 1. The van der Waals surface area contributed by atoms with Crippen molar-refractivity contribution in [3.05, 3.63) is 45.0 Å². The Morgan fingerprint density at radius 3 is 2.71 bits per heavy atom. The van der Waals surface area contributed by atoms with Gasteiger partial charge in [-0.05, 0) is 18.1 Å². The maximum atomic E-state index is 11.0. The minimum Gasteiger partial charge on any atom is -0.478 e. The highest BCUT2D eigenvalue weighted by atomic mass is 32.1. The summed E-state index contributed by atoms with van der Waals surface area (Å²) < 4.78 is 0. The van der Waals surface area contributed by atoms with Crippen LogP contribution in [0.4, 0.5) is 16.5 Å². The summed E-state index contributed by atoms with van der Waals surface area (Å²) in [6.07, 6.45) is 0. The van der Waals surface area contributed by atoms with E-state index in [-0.39, 0.29) is 22.9 Å². The molecule has 1 heterocycles. The number of carboxylic acids is 1. The molecule has 0 bridgehead atoms. The number of aromatic nitrogens is 1. The van der Waals surface area contributed by atoms with Crippen molar-refractivity contribution in [3.8, 4) is 0 Å². The molecule has 0 unspecified atom stereocenters. The number of hydrogen-bond donors (Lipinski definition) is 2. The number of hydrogen-bond acceptors (Lipinski definition) is 6. The topological polar surface area (TPSA) is 105 Å². The number of benzene rings is 1. The Labute approximate surface area is 124 Å². The highest BCUT2D eigenvalue weighted by molar-refractivity contribution is 7.13. The summed E-state index contributed by atoms with van der Waals surface area (Å²) in [7, 11) is 0. The SMILES string of the molecule is CC(C)c1csc(Nc2cc(C(=O)O)ccc2[N+](=O)[O-])n1. The Hall–Kier alpha value is -2.48. The van der Waals surface area contributed by atoms with Gasteiger partial charge in [-0.2, -0.15) is 0 Å². The van der Waals surface area contributed by atoms with Crippen LogP contribution >= 0.6 is 11.3 Å². The summed E-state index contributed by atoms with van der Waals surface area (Å²) in [5, 5.41) is 25.2. The molecular formula is C13H13N3O4S. The van der Waals surface area contributed by atoms with E-state index in [4.69, 9.17) is 5.11 Å².